The third-order valence-electron chi connectivity index (χ3n) is 10.6. The monoisotopic (exact) mass is 1170 g/mol. The number of carbonyl (C=O) groups is 2. The number of alkyl halides is 12. The molecular formula is C50H30F16Na2O8S2. The molecule has 6 aromatic rings. The molecule has 0 atom stereocenters. The molecule has 8 nitrogen and oxygen atoms in total. The van der Waals surface area contributed by atoms with Gasteiger partial charge in [0.1, 0.15) is 34.8 Å². The average Bonchev–Trinajstić information content (AvgIpc) is 3.27. The Morgan fingerprint density at radius 1 is 0.436 bits per heavy atom. The van der Waals surface area contributed by atoms with E-state index in [0.29, 0.717) is 59.9 Å². The third kappa shape index (κ3) is 15.2. The molecule has 78 heavy (non-hydrogen) atoms. The van der Waals surface area contributed by atoms with Crippen molar-refractivity contribution < 1.29 is 169 Å². The normalized spacial score (nSPS) is 12.7. The minimum absolute atomic E-state index is 0. The molecule has 0 bridgehead atoms. The average molecular weight is 1170 g/mol. The minimum atomic E-state index is -5.99. The van der Waals surface area contributed by atoms with Crippen molar-refractivity contribution in [2.24, 2.45) is 0 Å². The van der Waals surface area contributed by atoms with Crippen LogP contribution in [0.5, 0.6) is 11.5 Å². The van der Waals surface area contributed by atoms with Crippen LogP contribution in [0.25, 0.3) is 11.1 Å². The molecule has 0 aliphatic heterocycles. The van der Waals surface area contributed by atoms with E-state index in [4.69, 9.17) is 0 Å². The number of halogens is 16. The van der Waals surface area contributed by atoms with Crippen LogP contribution in [0.2, 0.25) is 0 Å². The molecule has 0 fully saturated rings. The summed E-state index contributed by atoms with van der Waals surface area (Å²) >= 11 is 1.04. The van der Waals surface area contributed by atoms with Crippen molar-refractivity contribution in [2.75, 3.05) is 14.2 Å². The van der Waals surface area contributed by atoms with Crippen molar-refractivity contribution in [3.05, 3.63) is 190 Å². The third-order valence-corrected chi connectivity index (χ3v) is 12.5. The Morgan fingerprint density at radius 3 is 0.974 bits per heavy atom. The van der Waals surface area contributed by atoms with Gasteiger partial charge in [-0.05, 0) is 131 Å². The summed E-state index contributed by atoms with van der Waals surface area (Å²) in [7, 11) is 0.405. The largest absolute Gasteiger partial charge is 1.00 e. The number of hydrogen-bond donors (Lipinski definition) is 2. The standard InChI is InChI=1S/2C25H16F8O4S.2Na/c2*1-37-23(24(28,29)30,25(31,32)33)14-8-16(27)10-18(9-14)38-17-6-7-19(21(34)11-17)20(12-22(35)36)13-2-4-15(26)5-3-13;;/h2*2-12,34H,1H3,(H,35,36);;/q;;2*+1/p-2. The van der Waals surface area contributed by atoms with E-state index in [1.54, 1.807) is 0 Å². The summed E-state index contributed by atoms with van der Waals surface area (Å²) in [5.41, 5.74) is -12.6. The van der Waals surface area contributed by atoms with E-state index in [1.807, 2.05) is 0 Å². The summed E-state index contributed by atoms with van der Waals surface area (Å²) in [4.78, 5) is 21.7. The first-order valence-electron chi connectivity index (χ1n) is 20.6. The van der Waals surface area contributed by atoms with Crippen LogP contribution >= 0.6 is 23.5 Å². The SMILES string of the molecule is COC(c1cc(F)cc(Sc2ccc(C(=CC(=O)[O-])c3ccc(F)cc3)c(O)c2)c1)(C(F)(F)F)C(F)(F)F.COC(c1cc(F)cc(Sc2ccc(C(=CC(=O)[O-])c3ccc(F)cc3)c(O)c2)c1)(C(F)(F)F)C(F)(F)F.[Na+].[Na+]. The van der Waals surface area contributed by atoms with Crippen LogP contribution in [0.1, 0.15) is 33.4 Å². The van der Waals surface area contributed by atoms with Gasteiger partial charge in [-0.25, -0.2) is 17.6 Å². The zero-order chi connectivity index (χ0) is 56.9. The van der Waals surface area contributed by atoms with Crippen LogP contribution < -0.4 is 69.3 Å². The molecule has 0 heterocycles. The van der Waals surface area contributed by atoms with Crippen molar-refractivity contribution >= 4 is 46.6 Å². The van der Waals surface area contributed by atoms with Crippen LogP contribution in [0.3, 0.4) is 0 Å². The number of rotatable bonds is 14. The first-order valence-corrected chi connectivity index (χ1v) is 22.2. The zero-order valence-electron chi connectivity index (χ0n) is 39.9. The van der Waals surface area contributed by atoms with E-state index < -0.39 is 93.7 Å². The number of carboxylic acid groups (broad SMARTS) is 2. The summed E-state index contributed by atoms with van der Waals surface area (Å²) in [6.45, 7) is 0. The maximum Gasteiger partial charge on any atom is 1.00 e. The Labute approximate surface area is 483 Å². The molecule has 0 radical (unpaired) electrons. The maximum absolute atomic E-state index is 14.2. The molecule has 0 spiro atoms. The van der Waals surface area contributed by atoms with Gasteiger partial charge in [-0.1, -0.05) is 47.8 Å². The first-order chi connectivity index (χ1) is 35.2. The van der Waals surface area contributed by atoms with Crippen molar-refractivity contribution in [1.82, 2.24) is 0 Å². The molecule has 0 aliphatic carbocycles. The molecule has 404 valence electrons. The Kier molecular flexibility index (Phi) is 22.7. The molecular weight excluding hydrogens is 1140 g/mol. The summed E-state index contributed by atoms with van der Waals surface area (Å²) < 4.78 is 226. The number of carbonyl (C=O) groups excluding carboxylic acids is 2. The Hall–Kier alpha value is -5.16. The Morgan fingerprint density at radius 2 is 0.731 bits per heavy atom. The van der Waals surface area contributed by atoms with Gasteiger partial charge in [0.15, 0.2) is 0 Å². The van der Waals surface area contributed by atoms with Crippen LogP contribution in [0, 0.1) is 23.3 Å². The van der Waals surface area contributed by atoms with E-state index in [1.165, 1.54) is 48.5 Å². The van der Waals surface area contributed by atoms with Crippen molar-refractivity contribution in [3.8, 4) is 11.5 Å². The van der Waals surface area contributed by atoms with Gasteiger partial charge in [0.05, 0.1) is 11.9 Å². The van der Waals surface area contributed by atoms with Gasteiger partial charge in [0, 0.05) is 56.1 Å². The summed E-state index contributed by atoms with van der Waals surface area (Å²) in [6.07, 6.45) is -22.7. The summed E-state index contributed by atoms with van der Waals surface area (Å²) in [5, 5.41) is 43.5. The van der Waals surface area contributed by atoms with Gasteiger partial charge in [-0.2, -0.15) is 52.7 Å². The van der Waals surface area contributed by atoms with Crippen molar-refractivity contribution in [1.29, 1.82) is 0 Å². The van der Waals surface area contributed by atoms with Gasteiger partial charge in [0.2, 0.25) is 0 Å². The number of hydrogen-bond acceptors (Lipinski definition) is 10. The molecule has 0 saturated heterocycles. The fourth-order valence-corrected chi connectivity index (χ4v) is 9.20. The molecule has 0 unspecified atom stereocenters. The quantitative estimate of drug-likeness (QED) is 0.0766. The van der Waals surface area contributed by atoms with E-state index in [-0.39, 0.29) is 138 Å². The summed E-state index contributed by atoms with van der Waals surface area (Å²) in [5.74, 6) is -8.38. The minimum Gasteiger partial charge on any atom is -0.545 e. The van der Waals surface area contributed by atoms with Gasteiger partial charge in [-0.15, -0.1) is 0 Å². The maximum atomic E-state index is 14.2. The molecule has 0 aliphatic rings. The summed E-state index contributed by atoms with van der Waals surface area (Å²) in [6, 6.07) is 18.6. The first kappa shape index (κ1) is 67.1. The van der Waals surface area contributed by atoms with Crippen molar-refractivity contribution in [2.45, 2.75) is 55.5 Å². The fourth-order valence-electron chi connectivity index (χ4n) is 7.33. The van der Waals surface area contributed by atoms with E-state index in [2.05, 4.69) is 9.47 Å². The number of aliphatic carboxylic acids is 2. The van der Waals surface area contributed by atoms with Gasteiger partial charge in [-0.3, -0.25) is 0 Å². The molecule has 0 amide bonds. The van der Waals surface area contributed by atoms with Crippen LogP contribution in [0.15, 0.2) is 153 Å². The number of benzene rings is 6. The smallest absolute Gasteiger partial charge is 0.545 e. The van der Waals surface area contributed by atoms with Gasteiger partial charge in [0.25, 0.3) is 11.2 Å². The number of carboxylic acids is 2. The predicted molar refractivity (Wildman–Crippen MR) is 236 cm³/mol. The van der Waals surface area contributed by atoms with Crippen LogP contribution in [-0.2, 0) is 30.3 Å². The number of aromatic hydroxyl groups is 2. The molecule has 28 heteroatoms. The van der Waals surface area contributed by atoms with Crippen LogP contribution in [-0.4, -0.2) is 61.1 Å². The molecule has 0 saturated carbocycles. The van der Waals surface area contributed by atoms with Gasteiger partial charge < -0.3 is 39.5 Å². The van der Waals surface area contributed by atoms with E-state index in [0.717, 1.165) is 36.4 Å². The number of phenolic OH excluding ortho intramolecular Hbond substituents is 2. The fraction of sp³-hybridized carbons (Fsp3) is 0.160. The second-order valence-corrected chi connectivity index (χ2v) is 17.7. The number of ether oxygens (including phenoxy) is 2. The second-order valence-electron chi connectivity index (χ2n) is 15.4. The predicted octanol–water partition coefficient (Wildman–Crippen LogP) is 5.95. The zero-order valence-corrected chi connectivity index (χ0v) is 45.5. The molecule has 2 N–H and O–H groups in total. The Bertz CT molecular complexity index is 2930. The topological polar surface area (TPSA) is 139 Å². The second kappa shape index (κ2) is 26.4. The molecule has 0 aromatic heterocycles. The van der Waals surface area contributed by atoms with E-state index >= 15 is 0 Å². The number of phenols is 2. The van der Waals surface area contributed by atoms with Crippen LogP contribution in [0.4, 0.5) is 70.2 Å². The Balaban J connectivity index is 0.000000400. The van der Waals surface area contributed by atoms with Crippen molar-refractivity contribution in [3.63, 3.8) is 0 Å². The number of methoxy groups -OCH3 is 2. The molecule has 6 aromatic carbocycles. The molecule has 6 rings (SSSR count). The van der Waals surface area contributed by atoms with Gasteiger partial charge >= 0.3 is 83.8 Å². The van der Waals surface area contributed by atoms with E-state index in [9.17, 15) is 100 Å².